The van der Waals surface area contributed by atoms with Crippen LogP contribution in [0.15, 0.2) is 30.3 Å². The summed E-state index contributed by atoms with van der Waals surface area (Å²) in [6, 6.07) is 3.82. The van der Waals surface area contributed by atoms with Crippen LogP contribution in [0.25, 0.3) is 0 Å². The molecule has 1 fully saturated rings. The molecular formula is C27H43N9O7. The maximum absolute atomic E-state index is 13.6. The van der Waals surface area contributed by atoms with Crippen molar-refractivity contribution < 1.29 is 33.9 Å². The molecule has 1 aliphatic rings. The summed E-state index contributed by atoms with van der Waals surface area (Å²) in [5.41, 5.74) is 17.3. The fourth-order valence-corrected chi connectivity index (χ4v) is 4.40. The van der Waals surface area contributed by atoms with Crippen LogP contribution in [0.1, 0.15) is 44.1 Å². The standard InChI is InChI=1S/C27H43N9O7/c28-11-5-4-9-18-24(41)34-17(10-6-12-31-27(29)30)23(40)32-15-21(37)33-20(14-22(38)39)26(43)36-19(25(42)35-18)13-16-7-2-1-3-8-16/h1-3,7-8,17-20,27,31H,4-6,9-15,28-30H2,(H,32,40)(H,33,37)(H,34,41)(H,35,42)(H,36,43)(H,38,39)/t17-,18-,19-,20-/m0/s1. The summed E-state index contributed by atoms with van der Waals surface area (Å²) >= 11 is 0. The van der Waals surface area contributed by atoms with Crippen LogP contribution in [-0.2, 0) is 35.2 Å². The van der Waals surface area contributed by atoms with Crippen LogP contribution in [0.3, 0.4) is 0 Å². The van der Waals surface area contributed by atoms with Crippen molar-refractivity contribution in [3.63, 3.8) is 0 Å². The molecule has 13 N–H and O–H groups in total. The van der Waals surface area contributed by atoms with Crippen LogP contribution in [0, 0.1) is 0 Å². The highest BCUT2D eigenvalue weighted by Crippen LogP contribution is 2.09. The van der Waals surface area contributed by atoms with Gasteiger partial charge in [-0.2, -0.15) is 0 Å². The topological polar surface area (TPSA) is 273 Å². The second-order valence-corrected chi connectivity index (χ2v) is 10.2. The molecule has 2 rings (SSSR count). The van der Waals surface area contributed by atoms with Gasteiger partial charge < -0.3 is 48.9 Å². The van der Waals surface area contributed by atoms with Gasteiger partial charge in [-0.3, -0.25) is 34.1 Å². The Bertz CT molecular complexity index is 1100. The second kappa shape index (κ2) is 18.4. The van der Waals surface area contributed by atoms with Crippen LogP contribution >= 0.6 is 0 Å². The molecule has 1 heterocycles. The lowest BCUT2D eigenvalue weighted by Gasteiger charge is -2.26. The van der Waals surface area contributed by atoms with Crippen molar-refractivity contribution in [3.8, 4) is 0 Å². The van der Waals surface area contributed by atoms with E-state index in [9.17, 15) is 33.9 Å². The lowest BCUT2D eigenvalue weighted by Crippen LogP contribution is -2.58. The number of hydrogen-bond donors (Lipinski definition) is 10. The number of carbonyl (C=O) groups excluding carboxylic acids is 5. The van der Waals surface area contributed by atoms with Gasteiger partial charge in [0.15, 0.2) is 0 Å². The number of amides is 5. The van der Waals surface area contributed by atoms with E-state index in [1.165, 1.54) is 0 Å². The summed E-state index contributed by atoms with van der Waals surface area (Å²) in [5.74, 6) is -5.16. The van der Waals surface area contributed by atoms with E-state index >= 15 is 0 Å². The van der Waals surface area contributed by atoms with Gasteiger partial charge in [0, 0.05) is 6.42 Å². The molecule has 0 unspecified atom stereocenters. The van der Waals surface area contributed by atoms with Crippen LogP contribution in [0.5, 0.6) is 0 Å². The number of nitrogens with two attached hydrogens (primary N) is 3. The Morgan fingerprint density at radius 3 is 2.02 bits per heavy atom. The minimum atomic E-state index is -1.54. The van der Waals surface area contributed by atoms with Crippen molar-refractivity contribution in [1.29, 1.82) is 0 Å². The van der Waals surface area contributed by atoms with Crippen molar-refractivity contribution in [3.05, 3.63) is 35.9 Å². The van der Waals surface area contributed by atoms with Crippen LogP contribution in [-0.4, -0.2) is 90.7 Å². The van der Waals surface area contributed by atoms with Gasteiger partial charge >= 0.3 is 5.97 Å². The molecule has 43 heavy (non-hydrogen) atoms. The molecule has 0 bridgehead atoms. The maximum Gasteiger partial charge on any atom is 0.305 e. The summed E-state index contributed by atoms with van der Waals surface area (Å²) < 4.78 is 0. The predicted octanol–water partition coefficient (Wildman–Crippen LogP) is -3.53. The molecule has 5 amide bonds. The molecule has 0 radical (unpaired) electrons. The fraction of sp³-hybridized carbons (Fsp3) is 0.556. The molecule has 1 aromatic rings. The van der Waals surface area contributed by atoms with Crippen LogP contribution < -0.4 is 49.1 Å². The molecule has 4 atom stereocenters. The quantitative estimate of drug-likeness (QED) is 0.0777. The number of carbonyl (C=O) groups is 6. The highest BCUT2D eigenvalue weighted by atomic mass is 16.4. The molecule has 16 heteroatoms. The number of hydrogen-bond acceptors (Lipinski definition) is 10. The third kappa shape index (κ3) is 13.2. The summed E-state index contributed by atoms with van der Waals surface area (Å²) in [4.78, 5) is 77.3. The largest absolute Gasteiger partial charge is 0.481 e. The smallest absolute Gasteiger partial charge is 0.305 e. The monoisotopic (exact) mass is 605 g/mol. The number of aliphatic carboxylic acids is 1. The van der Waals surface area contributed by atoms with Gasteiger partial charge in [0.2, 0.25) is 29.5 Å². The van der Waals surface area contributed by atoms with Crippen LogP contribution in [0.2, 0.25) is 0 Å². The van der Waals surface area contributed by atoms with Gasteiger partial charge in [0.1, 0.15) is 30.5 Å². The Morgan fingerprint density at radius 2 is 1.40 bits per heavy atom. The summed E-state index contributed by atoms with van der Waals surface area (Å²) in [6.07, 6.45) is 0.232. The minimum absolute atomic E-state index is 0.0161. The van der Waals surface area contributed by atoms with Crippen molar-refractivity contribution in [1.82, 2.24) is 31.9 Å². The Kier molecular flexibility index (Phi) is 15.0. The van der Waals surface area contributed by atoms with Crippen molar-refractivity contribution in [2.45, 2.75) is 75.4 Å². The SMILES string of the molecule is NCCCC[C@@H]1NC(=O)[C@H](Cc2ccccc2)NC(=O)[C@H](CC(=O)O)NC(=O)CNC(=O)[C@H](CCCNC(N)N)NC1=O. The van der Waals surface area contributed by atoms with Gasteiger partial charge in [-0.05, 0) is 50.8 Å². The van der Waals surface area contributed by atoms with Gasteiger partial charge in [-0.15, -0.1) is 0 Å². The Labute approximate surface area is 249 Å². The maximum atomic E-state index is 13.6. The molecule has 238 valence electrons. The molecule has 1 aliphatic heterocycles. The highest BCUT2D eigenvalue weighted by Gasteiger charge is 2.33. The van der Waals surface area contributed by atoms with E-state index in [1.54, 1.807) is 30.3 Å². The van der Waals surface area contributed by atoms with E-state index in [0.717, 1.165) is 0 Å². The third-order valence-corrected chi connectivity index (χ3v) is 6.63. The molecule has 1 saturated heterocycles. The Morgan fingerprint density at radius 1 is 0.814 bits per heavy atom. The first-order valence-electron chi connectivity index (χ1n) is 14.2. The Balaban J connectivity index is 2.42. The van der Waals surface area contributed by atoms with Crippen LogP contribution in [0.4, 0.5) is 0 Å². The van der Waals surface area contributed by atoms with Crippen molar-refractivity contribution in [2.75, 3.05) is 19.6 Å². The van der Waals surface area contributed by atoms with Gasteiger partial charge in [0.25, 0.3) is 0 Å². The molecular weight excluding hydrogens is 562 g/mol. The first-order chi connectivity index (χ1) is 20.5. The molecule has 0 aliphatic carbocycles. The molecule has 0 aromatic heterocycles. The second-order valence-electron chi connectivity index (χ2n) is 10.2. The van der Waals surface area contributed by atoms with Gasteiger partial charge in [-0.1, -0.05) is 30.3 Å². The molecule has 0 spiro atoms. The van der Waals surface area contributed by atoms with E-state index in [2.05, 4.69) is 31.9 Å². The normalized spacial score (nSPS) is 22.4. The van der Waals surface area contributed by atoms with Crippen molar-refractivity contribution >= 4 is 35.5 Å². The zero-order valence-corrected chi connectivity index (χ0v) is 24.0. The highest BCUT2D eigenvalue weighted by molar-refractivity contribution is 5.98. The number of carboxylic acid groups (broad SMARTS) is 1. The summed E-state index contributed by atoms with van der Waals surface area (Å²) in [6.45, 7) is 0.105. The summed E-state index contributed by atoms with van der Waals surface area (Å²) in [5, 5.41) is 24.7. The lowest BCUT2D eigenvalue weighted by atomic mass is 10.0. The average Bonchev–Trinajstić information content (AvgIpc) is 2.95. The molecule has 1 aromatic carbocycles. The number of carboxylic acids is 1. The first-order valence-corrected chi connectivity index (χ1v) is 14.2. The number of unbranched alkanes of at least 4 members (excludes halogenated alkanes) is 1. The van der Waals surface area contributed by atoms with Gasteiger partial charge in [0.05, 0.1) is 13.0 Å². The van der Waals surface area contributed by atoms with E-state index < -0.39 is 78.9 Å². The number of benzene rings is 1. The Hall–Kier alpha value is -4.12. The van der Waals surface area contributed by atoms with E-state index in [-0.39, 0.29) is 19.3 Å². The molecule has 0 saturated carbocycles. The zero-order valence-electron chi connectivity index (χ0n) is 24.0. The summed E-state index contributed by atoms with van der Waals surface area (Å²) in [7, 11) is 0. The number of nitrogens with one attached hydrogen (secondary N) is 6. The lowest BCUT2D eigenvalue weighted by molar-refractivity contribution is -0.141. The molecule has 16 nitrogen and oxygen atoms in total. The van der Waals surface area contributed by atoms with Gasteiger partial charge in [-0.25, -0.2) is 0 Å². The van der Waals surface area contributed by atoms with E-state index in [4.69, 9.17) is 17.2 Å². The van der Waals surface area contributed by atoms with E-state index in [0.29, 0.717) is 37.9 Å². The van der Waals surface area contributed by atoms with Crippen molar-refractivity contribution in [2.24, 2.45) is 17.2 Å². The fourth-order valence-electron chi connectivity index (χ4n) is 4.40. The third-order valence-electron chi connectivity index (χ3n) is 6.63. The number of rotatable bonds is 13. The predicted molar refractivity (Wildman–Crippen MR) is 155 cm³/mol. The minimum Gasteiger partial charge on any atom is -0.481 e. The van der Waals surface area contributed by atoms with E-state index in [1.807, 2.05) is 0 Å². The first kappa shape index (κ1) is 35.1. The zero-order chi connectivity index (χ0) is 31.8. The average molecular weight is 606 g/mol.